The lowest BCUT2D eigenvalue weighted by molar-refractivity contribution is 0.578. The van der Waals surface area contributed by atoms with Gasteiger partial charge in [-0.15, -0.1) is 5.10 Å². The topological polar surface area (TPSA) is 103 Å². The highest BCUT2D eigenvalue weighted by molar-refractivity contribution is 9.10. The lowest BCUT2D eigenvalue weighted by Crippen LogP contribution is -2.17. The number of para-hydroxylation sites is 2. The first-order valence-electron chi connectivity index (χ1n) is 4.84. The van der Waals surface area contributed by atoms with Gasteiger partial charge in [-0.05, 0) is 28.1 Å². The molecule has 9 heteroatoms. The van der Waals surface area contributed by atoms with Gasteiger partial charge in [0.1, 0.15) is 0 Å². The van der Waals surface area contributed by atoms with Crippen molar-refractivity contribution < 1.29 is 8.42 Å². The molecule has 0 atom stereocenters. The third-order valence-electron chi connectivity index (χ3n) is 2.20. The number of rotatable bonds is 3. The quantitative estimate of drug-likeness (QED) is 0.815. The van der Waals surface area contributed by atoms with Gasteiger partial charge < -0.3 is 5.73 Å². The summed E-state index contributed by atoms with van der Waals surface area (Å²) in [4.78, 5) is 0. The number of sulfonamides is 1. The van der Waals surface area contributed by atoms with Gasteiger partial charge in [-0.3, -0.25) is 4.72 Å². The second kappa shape index (κ2) is 4.58. The number of hydrogen-bond acceptors (Lipinski definition) is 5. The molecule has 1 aromatic carbocycles. The van der Waals surface area contributed by atoms with Crippen LogP contribution in [0.5, 0.6) is 0 Å². The fourth-order valence-corrected chi connectivity index (χ4v) is 3.58. The molecule has 18 heavy (non-hydrogen) atoms. The third kappa shape index (κ3) is 2.31. The van der Waals surface area contributed by atoms with Crippen molar-refractivity contribution in [1.82, 2.24) is 15.0 Å². The minimum absolute atomic E-state index is 0.0641. The van der Waals surface area contributed by atoms with E-state index in [0.29, 0.717) is 11.4 Å². The number of nitrogen functional groups attached to an aromatic ring is 1. The summed E-state index contributed by atoms with van der Waals surface area (Å²) in [6, 6.07) is 6.58. The highest BCUT2D eigenvalue weighted by Crippen LogP contribution is 2.24. The molecule has 2 rings (SSSR count). The number of benzene rings is 1. The molecule has 0 unspecified atom stereocenters. The van der Waals surface area contributed by atoms with E-state index in [1.807, 2.05) is 0 Å². The molecule has 1 aromatic heterocycles. The molecular formula is C9H10BrN5O2S. The van der Waals surface area contributed by atoms with Crippen molar-refractivity contribution >= 4 is 37.3 Å². The molecule has 0 radical (unpaired) electrons. The summed E-state index contributed by atoms with van der Waals surface area (Å²) in [6.45, 7) is 0. The smallest absolute Gasteiger partial charge is 0.281 e. The summed E-state index contributed by atoms with van der Waals surface area (Å²) < 4.78 is 28.0. The number of nitrogens with two attached hydrogens (primary N) is 1. The molecule has 7 nitrogen and oxygen atoms in total. The summed E-state index contributed by atoms with van der Waals surface area (Å²) in [5.41, 5.74) is 6.33. The molecule has 0 aliphatic carbocycles. The number of aromatic nitrogens is 3. The predicted molar refractivity (Wildman–Crippen MR) is 70.4 cm³/mol. The molecular weight excluding hydrogens is 322 g/mol. The molecule has 0 saturated heterocycles. The normalized spacial score (nSPS) is 11.4. The summed E-state index contributed by atoms with van der Waals surface area (Å²) in [7, 11) is -2.31. The van der Waals surface area contributed by atoms with E-state index in [0.717, 1.165) is 4.68 Å². The minimum Gasteiger partial charge on any atom is -0.397 e. The van der Waals surface area contributed by atoms with E-state index in [-0.39, 0.29) is 9.63 Å². The van der Waals surface area contributed by atoms with Crippen molar-refractivity contribution in [3.05, 3.63) is 28.9 Å². The van der Waals surface area contributed by atoms with Crippen LogP contribution in [0.15, 0.2) is 33.9 Å². The number of anilines is 2. The largest absolute Gasteiger partial charge is 0.397 e. The molecule has 3 N–H and O–H groups in total. The summed E-state index contributed by atoms with van der Waals surface area (Å²) >= 11 is 3.04. The van der Waals surface area contributed by atoms with Gasteiger partial charge in [-0.1, -0.05) is 17.3 Å². The Morgan fingerprint density at radius 1 is 1.39 bits per heavy atom. The molecule has 0 bridgehead atoms. The standard InChI is InChI=1S/C9H10BrN5O2S/c1-15-9(8(10)12-14-15)18(16,17)13-7-5-3-2-4-6(7)11/h2-5,13H,11H2,1H3. The van der Waals surface area contributed by atoms with Crippen molar-refractivity contribution in [2.75, 3.05) is 10.5 Å². The Morgan fingerprint density at radius 2 is 2.06 bits per heavy atom. The zero-order valence-electron chi connectivity index (χ0n) is 9.33. The van der Waals surface area contributed by atoms with Gasteiger partial charge in [0.15, 0.2) is 4.60 Å². The number of aryl methyl sites for hydroxylation is 1. The van der Waals surface area contributed by atoms with E-state index < -0.39 is 10.0 Å². The van der Waals surface area contributed by atoms with Crippen molar-refractivity contribution in [2.45, 2.75) is 5.03 Å². The van der Waals surface area contributed by atoms with Crippen LogP contribution in [0.2, 0.25) is 0 Å². The first-order valence-corrected chi connectivity index (χ1v) is 7.12. The summed E-state index contributed by atoms with van der Waals surface area (Å²) in [5.74, 6) is 0. The molecule has 0 fully saturated rings. The number of nitrogens with one attached hydrogen (secondary N) is 1. The maximum atomic E-state index is 12.2. The number of hydrogen-bond donors (Lipinski definition) is 2. The van der Waals surface area contributed by atoms with Gasteiger partial charge >= 0.3 is 0 Å². The van der Waals surface area contributed by atoms with Crippen molar-refractivity contribution in [1.29, 1.82) is 0 Å². The van der Waals surface area contributed by atoms with E-state index in [1.165, 1.54) is 7.05 Å². The van der Waals surface area contributed by atoms with Crippen LogP contribution < -0.4 is 10.5 Å². The summed E-state index contributed by atoms with van der Waals surface area (Å²) in [5, 5.41) is 7.18. The molecule has 0 amide bonds. The maximum absolute atomic E-state index is 12.2. The Morgan fingerprint density at radius 3 is 2.61 bits per heavy atom. The van der Waals surface area contributed by atoms with Crippen LogP contribution in [0.1, 0.15) is 0 Å². The molecule has 0 saturated carbocycles. The lowest BCUT2D eigenvalue weighted by atomic mass is 10.3. The Hall–Kier alpha value is -1.61. The average Bonchev–Trinajstić information content (AvgIpc) is 2.62. The van der Waals surface area contributed by atoms with Gasteiger partial charge in [0, 0.05) is 7.05 Å². The molecule has 0 aliphatic rings. The first-order chi connectivity index (χ1) is 8.42. The average molecular weight is 332 g/mol. The van der Waals surface area contributed by atoms with Gasteiger partial charge in [0.05, 0.1) is 11.4 Å². The Labute approximate surface area is 112 Å². The van der Waals surface area contributed by atoms with E-state index in [9.17, 15) is 8.42 Å². The lowest BCUT2D eigenvalue weighted by Gasteiger charge is -2.09. The Balaban J connectivity index is 2.43. The van der Waals surface area contributed by atoms with Crippen LogP contribution in [0.4, 0.5) is 11.4 Å². The minimum atomic E-state index is -3.79. The van der Waals surface area contributed by atoms with Crippen molar-refractivity contribution in [2.24, 2.45) is 7.05 Å². The molecule has 0 aliphatic heterocycles. The van der Waals surface area contributed by atoms with Gasteiger partial charge in [0.2, 0.25) is 5.03 Å². The van der Waals surface area contributed by atoms with Crippen LogP contribution in [0.25, 0.3) is 0 Å². The molecule has 96 valence electrons. The highest BCUT2D eigenvalue weighted by atomic mass is 79.9. The second-order valence-electron chi connectivity index (χ2n) is 3.50. The second-order valence-corrected chi connectivity index (χ2v) is 5.85. The van der Waals surface area contributed by atoms with E-state index in [4.69, 9.17) is 5.73 Å². The highest BCUT2D eigenvalue weighted by Gasteiger charge is 2.24. The van der Waals surface area contributed by atoms with Crippen LogP contribution >= 0.6 is 15.9 Å². The monoisotopic (exact) mass is 331 g/mol. The van der Waals surface area contributed by atoms with Gasteiger partial charge in [-0.2, -0.15) is 8.42 Å². The number of nitrogens with zero attached hydrogens (tertiary/aromatic N) is 3. The third-order valence-corrected chi connectivity index (χ3v) is 4.45. The summed E-state index contributed by atoms with van der Waals surface area (Å²) in [6.07, 6.45) is 0. The zero-order valence-corrected chi connectivity index (χ0v) is 11.7. The van der Waals surface area contributed by atoms with Crippen LogP contribution in [-0.4, -0.2) is 23.4 Å². The number of halogens is 1. The van der Waals surface area contributed by atoms with Crippen LogP contribution in [0.3, 0.4) is 0 Å². The van der Waals surface area contributed by atoms with Crippen molar-refractivity contribution in [3.8, 4) is 0 Å². The Bertz CT molecular complexity index is 663. The predicted octanol–water partition coefficient (Wildman–Crippen LogP) is 0.961. The zero-order chi connectivity index (χ0) is 13.3. The fourth-order valence-electron chi connectivity index (χ4n) is 1.39. The van der Waals surface area contributed by atoms with Crippen LogP contribution in [-0.2, 0) is 17.1 Å². The van der Waals surface area contributed by atoms with Crippen LogP contribution in [0, 0.1) is 0 Å². The molecule has 0 spiro atoms. The molecule has 1 heterocycles. The first kappa shape index (κ1) is 12.8. The molecule has 2 aromatic rings. The van der Waals surface area contributed by atoms with Crippen molar-refractivity contribution in [3.63, 3.8) is 0 Å². The SMILES string of the molecule is Cn1nnc(Br)c1S(=O)(=O)Nc1ccccc1N. The van der Waals surface area contributed by atoms with Gasteiger partial charge in [0.25, 0.3) is 10.0 Å². The fraction of sp³-hybridized carbons (Fsp3) is 0.111. The van der Waals surface area contributed by atoms with E-state index in [2.05, 4.69) is 31.0 Å². The van der Waals surface area contributed by atoms with E-state index >= 15 is 0 Å². The van der Waals surface area contributed by atoms with E-state index in [1.54, 1.807) is 24.3 Å². The Kier molecular flexibility index (Phi) is 3.26. The van der Waals surface area contributed by atoms with Gasteiger partial charge in [-0.25, -0.2) is 4.68 Å². The maximum Gasteiger partial charge on any atom is 0.281 e.